The minimum absolute atomic E-state index is 0.0569. The molecule has 0 atom stereocenters. The average molecular weight is 224 g/mol. The number of carbonyl (C=O) groups is 1. The molecular weight excluding hydrogens is 200 g/mol. The van der Waals surface area contributed by atoms with E-state index in [1.165, 1.54) is 12.8 Å². The van der Waals surface area contributed by atoms with E-state index in [4.69, 9.17) is 0 Å². The lowest BCUT2D eigenvalue weighted by Crippen LogP contribution is -2.36. The van der Waals surface area contributed by atoms with Gasteiger partial charge in [0.15, 0.2) is 0 Å². The molecule has 0 unspecified atom stereocenters. The van der Waals surface area contributed by atoms with Gasteiger partial charge in [-0.1, -0.05) is 13.0 Å². The summed E-state index contributed by atoms with van der Waals surface area (Å²) in [6.07, 6.45) is 8.31. The fourth-order valence-corrected chi connectivity index (χ4v) is 2.02. The van der Waals surface area contributed by atoms with E-state index in [-0.39, 0.29) is 5.91 Å². The Labute approximate surface area is 98.9 Å². The topological polar surface area (TPSA) is 32.3 Å². The summed E-state index contributed by atoms with van der Waals surface area (Å²) >= 11 is 0. The number of likely N-dealkylation sites (N-methyl/N-ethyl adjacent to an activating group) is 1. The van der Waals surface area contributed by atoms with Crippen LogP contribution < -0.4 is 5.32 Å². The van der Waals surface area contributed by atoms with Crippen LogP contribution in [0.1, 0.15) is 32.6 Å². The van der Waals surface area contributed by atoms with Gasteiger partial charge in [0.05, 0.1) is 0 Å². The molecule has 16 heavy (non-hydrogen) atoms. The smallest absolute Gasteiger partial charge is 0.243 e. The van der Waals surface area contributed by atoms with Crippen molar-refractivity contribution in [3.8, 4) is 0 Å². The minimum atomic E-state index is 0.0569. The van der Waals surface area contributed by atoms with Crippen molar-refractivity contribution in [3.63, 3.8) is 0 Å². The Morgan fingerprint density at radius 3 is 2.50 bits per heavy atom. The molecule has 0 spiro atoms. The van der Waals surface area contributed by atoms with E-state index < -0.39 is 0 Å². The Kier molecular flexibility index (Phi) is 5.53. The molecule has 0 radical (unpaired) electrons. The summed E-state index contributed by atoms with van der Waals surface area (Å²) in [4.78, 5) is 13.6. The van der Waals surface area contributed by atoms with Gasteiger partial charge in [-0.2, -0.15) is 0 Å². The largest absolute Gasteiger partial charge is 0.350 e. The van der Waals surface area contributed by atoms with E-state index in [0.29, 0.717) is 6.04 Å². The predicted molar refractivity (Wildman–Crippen MR) is 67.3 cm³/mol. The molecule has 0 saturated heterocycles. The Morgan fingerprint density at radius 2 is 1.94 bits per heavy atom. The van der Waals surface area contributed by atoms with Gasteiger partial charge in [0.1, 0.15) is 0 Å². The number of rotatable bonds is 4. The van der Waals surface area contributed by atoms with Gasteiger partial charge in [0.2, 0.25) is 5.91 Å². The van der Waals surface area contributed by atoms with Gasteiger partial charge in [-0.3, -0.25) is 4.79 Å². The number of hydrogen-bond acceptors (Lipinski definition) is 2. The highest BCUT2D eigenvalue weighted by Crippen LogP contribution is 2.23. The predicted octanol–water partition coefficient (Wildman–Crippen LogP) is 1.80. The van der Waals surface area contributed by atoms with Crippen molar-refractivity contribution in [2.75, 3.05) is 20.6 Å². The first-order valence-electron chi connectivity index (χ1n) is 6.19. The molecule has 1 aliphatic carbocycles. The fraction of sp³-hybridized carbons (Fsp3) is 0.769. The molecule has 0 aromatic heterocycles. The van der Waals surface area contributed by atoms with Crippen molar-refractivity contribution >= 4 is 5.91 Å². The molecule has 0 bridgehead atoms. The second-order valence-corrected chi connectivity index (χ2v) is 5.13. The van der Waals surface area contributed by atoms with Crippen LogP contribution >= 0.6 is 0 Å². The zero-order chi connectivity index (χ0) is 12.0. The molecule has 0 aromatic rings. The fourth-order valence-electron chi connectivity index (χ4n) is 2.02. The van der Waals surface area contributed by atoms with Crippen molar-refractivity contribution < 1.29 is 4.79 Å². The van der Waals surface area contributed by atoms with Crippen molar-refractivity contribution in [1.29, 1.82) is 0 Å². The molecule has 92 valence electrons. The van der Waals surface area contributed by atoms with E-state index in [1.54, 1.807) is 6.08 Å². The summed E-state index contributed by atoms with van der Waals surface area (Å²) < 4.78 is 0. The summed E-state index contributed by atoms with van der Waals surface area (Å²) in [5.74, 6) is 0.888. The standard InChI is InChI=1S/C13H24N2O/c1-11-6-8-12(9-7-11)14-13(16)5-4-10-15(2)3/h4-5,11-12H,6-10H2,1-3H3,(H,14,16)/b5-4+/t11-,12+. The number of amides is 1. The van der Waals surface area contributed by atoms with E-state index in [9.17, 15) is 4.79 Å². The summed E-state index contributed by atoms with van der Waals surface area (Å²) in [5, 5.41) is 3.07. The summed E-state index contributed by atoms with van der Waals surface area (Å²) in [5.41, 5.74) is 0. The molecule has 1 N–H and O–H groups in total. The first-order chi connectivity index (χ1) is 7.58. The molecule has 3 nitrogen and oxygen atoms in total. The lowest BCUT2D eigenvalue weighted by atomic mass is 9.87. The number of nitrogens with zero attached hydrogens (tertiary/aromatic N) is 1. The maximum atomic E-state index is 11.6. The highest BCUT2D eigenvalue weighted by Gasteiger charge is 2.18. The van der Waals surface area contributed by atoms with E-state index in [2.05, 4.69) is 12.2 Å². The molecule has 0 aliphatic heterocycles. The normalized spacial score (nSPS) is 26.2. The summed E-state index contributed by atoms with van der Waals surface area (Å²) in [6.45, 7) is 3.10. The number of hydrogen-bond donors (Lipinski definition) is 1. The van der Waals surface area contributed by atoms with Crippen LogP contribution in [-0.4, -0.2) is 37.5 Å². The Balaban J connectivity index is 2.21. The Morgan fingerprint density at radius 1 is 1.31 bits per heavy atom. The molecule has 1 rings (SSSR count). The van der Waals surface area contributed by atoms with Crippen LogP contribution in [0.2, 0.25) is 0 Å². The van der Waals surface area contributed by atoms with Crippen molar-refractivity contribution in [2.24, 2.45) is 5.92 Å². The van der Waals surface area contributed by atoms with Gasteiger partial charge in [0.25, 0.3) is 0 Å². The van der Waals surface area contributed by atoms with Gasteiger partial charge in [-0.05, 0) is 45.7 Å². The molecule has 1 saturated carbocycles. The van der Waals surface area contributed by atoms with E-state index in [0.717, 1.165) is 25.3 Å². The molecule has 3 heteroatoms. The zero-order valence-corrected chi connectivity index (χ0v) is 10.7. The van der Waals surface area contributed by atoms with Gasteiger partial charge >= 0.3 is 0 Å². The van der Waals surface area contributed by atoms with Crippen LogP contribution in [0.5, 0.6) is 0 Å². The molecule has 1 fully saturated rings. The van der Waals surface area contributed by atoms with Crippen LogP contribution in [0.3, 0.4) is 0 Å². The average Bonchev–Trinajstić information content (AvgIpc) is 2.21. The maximum absolute atomic E-state index is 11.6. The van der Waals surface area contributed by atoms with Crippen LogP contribution in [0.4, 0.5) is 0 Å². The zero-order valence-electron chi connectivity index (χ0n) is 10.7. The number of carbonyl (C=O) groups excluding carboxylic acids is 1. The molecule has 1 aliphatic rings. The lowest BCUT2D eigenvalue weighted by Gasteiger charge is -2.26. The van der Waals surface area contributed by atoms with Gasteiger partial charge in [-0.25, -0.2) is 0 Å². The molecule has 0 heterocycles. The van der Waals surface area contributed by atoms with E-state index in [1.807, 2.05) is 25.1 Å². The molecular formula is C13H24N2O. The monoisotopic (exact) mass is 224 g/mol. The lowest BCUT2D eigenvalue weighted by molar-refractivity contribution is -0.117. The van der Waals surface area contributed by atoms with Crippen LogP contribution in [0, 0.1) is 5.92 Å². The SMILES string of the molecule is CN(C)C/C=C/C(=O)N[C@H]1CC[C@@H](C)CC1. The van der Waals surface area contributed by atoms with Gasteiger partial charge in [-0.15, -0.1) is 0 Å². The van der Waals surface area contributed by atoms with Crippen LogP contribution in [0.15, 0.2) is 12.2 Å². The third kappa shape index (κ3) is 5.31. The quantitative estimate of drug-likeness (QED) is 0.739. The third-order valence-electron chi connectivity index (χ3n) is 3.10. The van der Waals surface area contributed by atoms with Gasteiger partial charge in [0, 0.05) is 18.7 Å². The van der Waals surface area contributed by atoms with Crippen molar-refractivity contribution in [1.82, 2.24) is 10.2 Å². The first-order valence-corrected chi connectivity index (χ1v) is 6.19. The molecule has 0 aromatic carbocycles. The summed E-state index contributed by atoms with van der Waals surface area (Å²) in [6, 6.07) is 0.396. The van der Waals surface area contributed by atoms with Crippen LogP contribution in [0.25, 0.3) is 0 Å². The van der Waals surface area contributed by atoms with Crippen LogP contribution in [-0.2, 0) is 4.79 Å². The second kappa shape index (κ2) is 6.69. The Bertz CT molecular complexity index is 240. The Hall–Kier alpha value is -0.830. The van der Waals surface area contributed by atoms with E-state index >= 15 is 0 Å². The third-order valence-corrected chi connectivity index (χ3v) is 3.10. The maximum Gasteiger partial charge on any atom is 0.243 e. The highest BCUT2D eigenvalue weighted by atomic mass is 16.1. The van der Waals surface area contributed by atoms with Crippen molar-refractivity contribution in [3.05, 3.63) is 12.2 Å². The number of nitrogens with one attached hydrogen (secondary N) is 1. The minimum Gasteiger partial charge on any atom is -0.350 e. The highest BCUT2D eigenvalue weighted by molar-refractivity contribution is 5.87. The first kappa shape index (κ1) is 13.2. The van der Waals surface area contributed by atoms with Gasteiger partial charge < -0.3 is 10.2 Å². The molecule has 1 amide bonds. The van der Waals surface area contributed by atoms with Crippen molar-refractivity contribution in [2.45, 2.75) is 38.6 Å². The summed E-state index contributed by atoms with van der Waals surface area (Å²) in [7, 11) is 3.98. The second-order valence-electron chi connectivity index (χ2n) is 5.13.